The van der Waals surface area contributed by atoms with Gasteiger partial charge in [-0.05, 0) is 24.1 Å². The van der Waals surface area contributed by atoms with E-state index in [9.17, 15) is 14.4 Å². The first-order chi connectivity index (χ1) is 13.5. The van der Waals surface area contributed by atoms with E-state index in [2.05, 4.69) is 5.32 Å². The molecule has 3 aromatic rings. The molecule has 28 heavy (non-hydrogen) atoms. The van der Waals surface area contributed by atoms with Crippen LogP contribution in [0.2, 0.25) is 0 Å². The molecule has 3 N–H and O–H groups in total. The molecule has 0 radical (unpaired) electrons. The highest BCUT2D eigenvalue weighted by Crippen LogP contribution is 2.32. The average molecular weight is 392 g/mol. The maximum absolute atomic E-state index is 13.0. The van der Waals surface area contributed by atoms with Gasteiger partial charge < -0.3 is 11.1 Å². The van der Waals surface area contributed by atoms with Crippen LogP contribution >= 0.6 is 11.3 Å². The van der Waals surface area contributed by atoms with Crippen LogP contribution in [-0.4, -0.2) is 23.6 Å². The third-order valence-corrected chi connectivity index (χ3v) is 5.38. The summed E-state index contributed by atoms with van der Waals surface area (Å²) in [6, 6.07) is 19.5. The van der Waals surface area contributed by atoms with Gasteiger partial charge in [0.2, 0.25) is 5.78 Å². The summed E-state index contributed by atoms with van der Waals surface area (Å²) in [4.78, 5) is 38.5. The second-order valence-corrected chi connectivity index (χ2v) is 7.67. The number of Topliss-reactive ketones (excluding diaryl/α,β-unsaturated/α-hetero) is 1. The van der Waals surface area contributed by atoms with E-state index < -0.39 is 23.6 Å². The van der Waals surface area contributed by atoms with Crippen LogP contribution in [0.25, 0.3) is 10.4 Å². The zero-order valence-corrected chi connectivity index (χ0v) is 16.2. The summed E-state index contributed by atoms with van der Waals surface area (Å²) in [5.74, 6) is -2.28. The topological polar surface area (TPSA) is 89.3 Å². The van der Waals surface area contributed by atoms with Gasteiger partial charge in [-0.25, -0.2) is 0 Å². The first-order valence-corrected chi connectivity index (χ1v) is 9.61. The standard InChI is InChI=1S/C22H20N2O3S/c1-14-12-17(20(28-14)16-10-6-3-7-11-16)22(27)24-18(19(25)21(23)26)13-15-8-4-2-5-9-15/h2-12,18H,13H2,1H3,(H2,23,26)(H,24,27). The molecule has 5 nitrogen and oxygen atoms in total. The molecule has 142 valence electrons. The van der Waals surface area contributed by atoms with Gasteiger partial charge in [-0.3, -0.25) is 14.4 Å². The van der Waals surface area contributed by atoms with Gasteiger partial charge in [0.15, 0.2) is 0 Å². The third-order valence-electron chi connectivity index (χ3n) is 4.28. The fourth-order valence-electron chi connectivity index (χ4n) is 2.95. The SMILES string of the molecule is Cc1cc(C(=O)NC(Cc2ccccc2)C(=O)C(N)=O)c(-c2ccccc2)s1. The minimum absolute atomic E-state index is 0.193. The molecule has 0 fully saturated rings. The number of amides is 2. The van der Waals surface area contributed by atoms with E-state index in [1.54, 1.807) is 6.07 Å². The van der Waals surface area contributed by atoms with Crippen LogP contribution in [0.4, 0.5) is 0 Å². The Hall–Kier alpha value is -3.25. The Balaban J connectivity index is 1.88. The Morgan fingerprint density at radius 3 is 2.21 bits per heavy atom. The number of rotatable bonds is 7. The van der Waals surface area contributed by atoms with Crippen molar-refractivity contribution in [3.8, 4) is 10.4 Å². The second-order valence-electron chi connectivity index (χ2n) is 6.41. The van der Waals surface area contributed by atoms with Crippen molar-refractivity contribution in [2.75, 3.05) is 0 Å². The number of ketones is 1. The molecule has 2 amide bonds. The third kappa shape index (κ3) is 4.53. The minimum Gasteiger partial charge on any atom is -0.363 e. The van der Waals surface area contributed by atoms with E-state index in [-0.39, 0.29) is 6.42 Å². The number of hydrogen-bond acceptors (Lipinski definition) is 4. The van der Waals surface area contributed by atoms with Gasteiger partial charge in [0.1, 0.15) is 6.04 Å². The molecule has 1 heterocycles. The molecule has 1 atom stereocenters. The number of primary amides is 1. The van der Waals surface area contributed by atoms with E-state index >= 15 is 0 Å². The lowest BCUT2D eigenvalue weighted by Crippen LogP contribution is -2.47. The fourth-order valence-corrected chi connectivity index (χ4v) is 3.97. The van der Waals surface area contributed by atoms with Crippen molar-refractivity contribution in [3.05, 3.63) is 82.7 Å². The van der Waals surface area contributed by atoms with Crippen molar-refractivity contribution < 1.29 is 14.4 Å². The van der Waals surface area contributed by atoms with Gasteiger partial charge >= 0.3 is 0 Å². The highest BCUT2D eigenvalue weighted by atomic mass is 32.1. The van der Waals surface area contributed by atoms with Gasteiger partial charge in [0.25, 0.3) is 11.8 Å². The zero-order valence-electron chi connectivity index (χ0n) is 15.3. The van der Waals surface area contributed by atoms with Crippen molar-refractivity contribution in [1.29, 1.82) is 0 Å². The monoisotopic (exact) mass is 392 g/mol. The average Bonchev–Trinajstić information content (AvgIpc) is 3.10. The number of nitrogens with one attached hydrogen (secondary N) is 1. The van der Waals surface area contributed by atoms with Crippen LogP contribution in [0.15, 0.2) is 66.7 Å². The van der Waals surface area contributed by atoms with Crippen molar-refractivity contribution in [1.82, 2.24) is 5.32 Å². The number of carbonyl (C=O) groups is 3. The zero-order chi connectivity index (χ0) is 20.1. The summed E-state index contributed by atoms with van der Waals surface area (Å²) < 4.78 is 0. The second kappa shape index (κ2) is 8.63. The number of nitrogens with two attached hydrogens (primary N) is 1. The first kappa shape index (κ1) is 19.5. The van der Waals surface area contributed by atoms with Gasteiger partial charge in [0, 0.05) is 16.2 Å². The number of hydrogen-bond donors (Lipinski definition) is 2. The molecule has 1 unspecified atom stereocenters. The molecule has 2 aromatic carbocycles. The van der Waals surface area contributed by atoms with Crippen LogP contribution in [0, 0.1) is 6.92 Å². The van der Waals surface area contributed by atoms with Crippen LogP contribution in [0.3, 0.4) is 0 Å². The Bertz CT molecular complexity index is 997. The van der Waals surface area contributed by atoms with E-state index in [0.29, 0.717) is 5.56 Å². The van der Waals surface area contributed by atoms with Crippen molar-refractivity contribution in [2.24, 2.45) is 5.73 Å². The lowest BCUT2D eigenvalue weighted by molar-refractivity contribution is -0.137. The predicted octanol–water partition coefficient (Wildman–Crippen LogP) is 3.12. The molecule has 3 rings (SSSR count). The van der Waals surface area contributed by atoms with Gasteiger partial charge in [-0.2, -0.15) is 0 Å². The number of thiophene rings is 1. The summed E-state index contributed by atoms with van der Waals surface area (Å²) >= 11 is 1.50. The van der Waals surface area contributed by atoms with Crippen molar-refractivity contribution in [3.63, 3.8) is 0 Å². The largest absolute Gasteiger partial charge is 0.363 e. The van der Waals surface area contributed by atoms with Gasteiger partial charge in [-0.15, -0.1) is 11.3 Å². The molecular formula is C22H20N2O3S. The van der Waals surface area contributed by atoms with Crippen LogP contribution in [0.1, 0.15) is 20.8 Å². The van der Waals surface area contributed by atoms with Crippen LogP contribution in [0.5, 0.6) is 0 Å². The smallest absolute Gasteiger partial charge is 0.287 e. The van der Waals surface area contributed by atoms with E-state index in [4.69, 9.17) is 5.73 Å². The minimum atomic E-state index is -1.06. The molecule has 0 saturated carbocycles. The molecule has 0 bridgehead atoms. The highest BCUT2D eigenvalue weighted by Gasteiger charge is 2.27. The molecule has 0 aliphatic carbocycles. The maximum Gasteiger partial charge on any atom is 0.287 e. The van der Waals surface area contributed by atoms with Crippen molar-refractivity contribution in [2.45, 2.75) is 19.4 Å². The molecule has 6 heteroatoms. The fraction of sp³-hybridized carbons (Fsp3) is 0.136. The summed E-state index contributed by atoms with van der Waals surface area (Å²) in [6.07, 6.45) is 0.193. The van der Waals surface area contributed by atoms with E-state index in [1.807, 2.05) is 67.6 Å². The van der Waals surface area contributed by atoms with E-state index in [0.717, 1.165) is 20.9 Å². The van der Waals surface area contributed by atoms with Gasteiger partial charge in [-0.1, -0.05) is 60.7 Å². The first-order valence-electron chi connectivity index (χ1n) is 8.80. The number of benzene rings is 2. The van der Waals surface area contributed by atoms with Crippen molar-refractivity contribution >= 4 is 28.9 Å². The van der Waals surface area contributed by atoms with Gasteiger partial charge in [0.05, 0.1) is 5.56 Å². The number of carbonyl (C=O) groups excluding carboxylic acids is 3. The molecular weight excluding hydrogens is 372 g/mol. The Kier molecular flexibility index (Phi) is 6.01. The summed E-state index contributed by atoms with van der Waals surface area (Å²) in [6.45, 7) is 1.92. The Labute approximate surface area is 167 Å². The lowest BCUT2D eigenvalue weighted by Gasteiger charge is -2.16. The van der Waals surface area contributed by atoms with E-state index in [1.165, 1.54) is 11.3 Å². The predicted molar refractivity (Wildman–Crippen MR) is 110 cm³/mol. The molecule has 0 spiro atoms. The summed E-state index contributed by atoms with van der Waals surface area (Å²) in [7, 11) is 0. The summed E-state index contributed by atoms with van der Waals surface area (Å²) in [5, 5.41) is 2.70. The molecule has 0 aliphatic rings. The lowest BCUT2D eigenvalue weighted by atomic mass is 10.0. The van der Waals surface area contributed by atoms with Crippen LogP contribution in [-0.2, 0) is 16.0 Å². The summed E-state index contributed by atoms with van der Waals surface area (Å²) in [5.41, 5.74) is 7.42. The van der Waals surface area contributed by atoms with Crippen LogP contribution < -0.4 is 11.1 Å². The molecule has 0 aliphatic heterocycles. The Morgan fingerprint density at radius 1 is 1.00 bits per heavy atom. The Morgan fingerprint density at radius 2 is 1.61 bits per heavy atom. The number of aryl methyl sites for hydroxylation is 1. The maximum atomic E-state index is 13.0. The molecule has 1 aromatic heterocycles. The normalized spacial score (nSPS) is 11.6. The quantitative estimate of drug-likeness (QED) is 0.606. The molecule has 0 saturated heterocycles. The highest BCUT2D eigenvalue weighted by molar-refractivity contribution is 7.15.